The van der Waals surface area contributed by atoms with Crippen LogP contribution < -0.4 is 26.2 Å². The summed E-state index contributed by atoms with van der Waals surface area (Å²) < 4.78 is 3.11. The molecule has 3 saturated heterocycles. The minimum atomic E-state index is -0.930. The Morgan fingerprint density at radius 3 is 2.33 bits per heavy atom. The Labute approximate surface area is 522 Å². The van der Waals surface area contributed by atoms with Gasteiger partial charge in [-0.25, -0.2) is 15.0 Å². The van der Waals surface area contributed by atoms with Crippen molar-refractivity contribution >= 4 is 73.4 Å². The molecule has 5 aliphatic rings. The Balaban J connectivity index is 0.662. The molecule has 8 heterocycles. The van der Waals surface area contributed by atoms with E-state index in [2.05, 4.69) is 63.6 Å². The fourth-order valence-corrected chi connectivity index (χ4v) is 15.3. The Kier molecular flexibility index (Phi) is 17.9. The van der Waals surface area contributed by atoms with Crippen LogP contribution in [0, 0.1) is 25.2 Å². The van der Waals surface area contributed by atoms with Gasteiger partial charge >= 0.3 is 0 Å². The van der Waals surface area contributed by atoms with Crippen molar-refractivity contribution in [2.24, 2.45) is 11.3 Å². The highest BCUT2D eigenvalue weighted by Crippen LogP contribution is 2.36. The largest absolute Gasteiger partial charge is 0.391 e. The standard InChI is InChI=1S/C67H81N13O6S2/c1-40(44-19-21-46(22-20-44)60-41(2)68-39-87-60)70-63(84)55-31-49(81)36-79(55)65(86)61(67(4,5)6)74-58(82)38-76-34-48(35-76)77-29-26-47(27-30-77)71-64(85)59-50(52-32-69-80(42(52)3)33-43-13-8-7-9-14-43)23-24-57(73-59)78-28-25-45-15-12-16-51(53(45)37-78)62(83)75-66-72-54-17-10-11-18-56(54)88-66/h10-12,15-24,32,39-40,43,47-49,55,61,81H,7-9,13-14,25-31,33-38H2,1-6H3,(H,70,84)(H,71,85)(H,74,82)(H,72,75,83)/t40-,49+,55-,61+/m0/s1. The van der Waals surface area contributed by atoms with Crippen LogP contribution in [0.15, 0.2) is 90.6 Å². The first-order valence-electron chi connectivity index (χ1n) is 31.3. The van der Waals surface area contributed by atoms with E-state index in [0.717, 1.165) is 92.3 Å². The van der Waals surface area contributed by atoms with Gasteiger partial charge in [0.1, 0.15) is 23.6 Å². The predicted molar refractivity (Wildman–Crippen MR) is 344 cm³/mol. The van der Waals surface area contributed by atoms with E-state index in [0.29, 0.717) is 60.7 Å². The number of likely N-dealkylation sites (tertiary alicyclic amines) is 3. The van der Waals surface area contributed by atoms with E-state index >= 15 is 0 Å². The number of thiazole rings is 2. The molecule has 0 bridgehead atoms. The first-order valence-corrected chi connectivity index (χ1v) is 33.0. The van der Waals surface area contributed by atoms with E-state index in [1.54, 1.807) is 11.3 Å². The third-order valence-corrected chi connectivity index (χ3v) is 20.7. The third-order valence-electron chi connectivity index (χ3n) is 18.7. The molecule has 0 spiro atoms. The molecule has 0 unspecified atom stereocenters. The van der Waals surface area contributed by atoms with Gasteiger partial charge in [0.15, 0.2) is 5.13 Å². The number of amides is 5. The monoisotopic (exact) mass is 1230 g/mol. The lowest BCUT2D eigenvalue weighted by molar-refractivity contribution is -0.144. The zero-order valence-corrected chi connectivity index (χ0v) is 52.9. The van der Waals surface area contributed by atoms with E-state index in [9.17, 15) is 29.1 Å². The number of piperidine rings is 1. The molecule has 4 atom stereocenters. The summed E-state index contributed by atoms with van der Waals surface area (Å²) in [5.41, 5.74) is 10.5. The van der Waals surface area contributed by atoms with Crippen molar-refractivity contribution in [1.82, 2.24) is 55.4 Å². The van der Waals surface area contributed by atoms with Crippen molar-refractivity contribution in [2.45, 2.75) is 149 Å². The number of para-hydroxylation sites is 1. The van der Waals surface area contributed by atoms with E-state index < -0.39 is 29.5 Å². The van der Waals surface area contributed by atoms with Gasteiger partial charge in [0.25, 0.3) is 11.8 Å². The topological polar surface area (TPSA) is 223 Å². The number of β-amino-alcohol motifs (C(OH)–C–C–N with tert-alkyl or cyclic N) is 1. The van der Waals surface area contributed by atoms with Crippen molar-refractivity contribution in [3.8, 4) is 21.6 Å². The van der Waals surface area contributed by atoms with Gasteiger partial charge in [-0.1, -0.05) is 99.9 Å². The Hall–Kier alpha value is -7.43. The lowest BCUT2D eigenvalue weighted by atomic mass is 9.85. The molecule has 88 heavy (non-hydrogen) atoms. The molecule has 4 aromatic heterocycles. The zero-order valence-electron chi connectivity index (χ0n) is 51.3. The molecule has 0 radical (unpaired) electrons. The summed E-state index contributed by atoms with van der Waals surface area (Å²) in [6, 6.07) is 23.7. The van der Waals surface area contributed by atoms with E-state index in [-0.39, 0.29) is 61.3 Å². The number of carbonyl (C=O) groups excluding carboxylic acids is 5. The number of carbonyl (C=O) groups is 5. The van der Waals surface area contributed by atoms with Crippen molar-refractivity contribution in [3.05, 3.63) is 130 Å². The minimum Gasteiger partial charge on any atom is -0.391 e. The Bertz CT molecular complexity index is 3670. The summed E-state index contributed by atoms with van der Waals surface area (Å²) in [4.78, 5) is 94.4. The molecule has 3 aromatic carbocycles. The number of rotatable bonds is 17. The highest BCUT2D eigenvalue weighted by atomic mass is 32.1. The van der Waals surface area contributed by atoms with Crippen LogP contribution in [0.5, 0.6) is 0 Å². The number of hydrogen-bond acceptors (Lipinski definition) is 15. The van der Waals surface area contributed by atoms with Gasteiger partial charge in [-0.3, -0.25) is 43.8 Å². The maximum Gasteiger partial charge on any atom is 0.270 e. The van der Waals surface area contributed by atoms with Gasteiger partial charge in [-0.2, -0.15) is 5.10 Å². The number of aliphatic hydroxyl groups is 1. The molecule has 7 aromatic rings. The van der Waals surface area contributed by atoms with Crippen LogP contribution in [0.25, 0.3) is 31.8 Å². The number of pyridine rings is 1. The molecular weight excluding hydrogens is 1150 g/mol. The van der Waals surface area contributed by atoms with E-state index in [1.165, 1.54) is 48.3 Å². The number of fused-ring (bicyclic) bond motifs is 2. The average Bonchev–Trinajstić information content (AvgIpc) is 1.68. The first-order chi connectivity index (χ1) is 42.4. The number of aryl methyl sites for hydroxylation is 1. The molecule has 19 nitrogen and oxygen atoms in total. The molecule has 4 aliphatic heterocycles. The highest BCUT2D eigenvalue weighted by molar-refractivity contribution is 7.22. The molecule has 4 fully saturated rings. The predicted octanol–water partition coefficient (Wildman–Crippen LogP) is 8.94. The van der Waals surface area contributed by atoms with Crippen LogP contribution in [0.1, 0.15) is 134 Å². The van der Waals surface area contributed by atoms with Crippen LogP contribution in [-0.4, -0.2) is 150 Å². The van der Waals surface area contributed by atoms with Crippen LogP contribution in [-0.2, 0) is 33.9 Å². The normalized spacial score (nSPS) is 19.7. The fourth-order valence-electron chi connectivity index (χ4n) is 13.6. The summed E-state index contributed by atoms with van der Waals surface area (Å²) in [6.45, 7) is 16.7. The third kappa shape index (κ3) is 13.3. The summed E-state index contributed by atoms with van der Waals surface area (Å²) in [5, 5.41) is 28.8. The number of benzene rings is 3. The second kappa shape index (κ2) is 26.0. The number of hydrogen-bond donors (Lipinski definition) is 5. The second-order valence-electron chi connectivity index (χ2n) is 26.0. The molecule has 21 heteroatoms. The summed E-state index contributed by atoms with van der Waals surface area (Å²) >= 11 is 3.03. The lowest BCUT2D eigenvalue weighted by Crippen LogP contribution is -2.64. The van der Waals surface area contributed by atoms with Gasteiger partial charge in [0, 0.05) is 93.2 Å². The van der Waals surface area contributed by atoms with Crippen LogP contribution in [0.4, 0.5) is 10.9 Å². The molecule has 1 saturated carbocycles. The van der Waals surface area contributed by atoms with Crippen molar-refractivity contribution in [3.63, 3.8) is 0 Å². The molecule has 12 rings (SSSR count). The van der Waals surface area contributed by atoms with Gasteiger partial charge in [-0.05, 0) is 117 Å². The second-order valence-corrected chi connectivity index (χ2v) is 27.8. The smallest absolute Gasteiger partial charge is 0.270 e. The summed E-state index contributed by atoms with van der Waals surface area (Å²) in [5.74, 6) is -0.222. The number of nitrogens with zero attached hydrogens (tertiary/aromatic N) is 9. The Morgan fingerprint density at radius 1 is 0.818 bits per heavy atom. The first kappa shape index (κ1) is 60.8. The zero-order chi connectivity index (χ0) is 61.4. The summed E-state index contributed by atoms with van der Waals surface area (Å²) in [7, 11) is 0. The van der Waals surface area contributed by atoms with Crippen LogP contribution in [0.3, 0.4) is 0 Å². The SMILES string of the molecule is Cc1ncsc1-c1ccc([C@H](C)NC(=O)[C@@H]2C[C@@H](O)CN2C(=O)[C@@H](NC(=O)CN2CC(N3CCC(NC(=O)c4nc(N5CCc6cccc(C(=O)Nc7nc8ccccc8s7)c6C5)ccc4-c4cnn(CC5CCCCC5)c4C)CC3)C2)C(C)(C)C)cc1. The van der Waals surface area contributed by atoms with Gasteiger partial charge < -0.3 is 30.9 Å². The number of aliphatic hydroxyl groups excluding tert-OH is 1. The average molecular weight is 1230 g/mol. The van der Waals surface area contributed by atoms with E-state index in [4.69, 9.17) is 10.1 Å². The van der Waals surface area contributed by atoms with Crippen molar-refractivity contribution < 1.29 is 29.1 Å². The molecule has 5 N–H and O–H groups in total. The molecule has 462 valence electrons. The van der Waals surface area contributed by atoms with Gasteiger partial charge in [-0.15, -0.1) is 11.3 Å². The molecule has 1 aliphatic carbocycles. The quantitative estimate of drug-likeness (QED) is 0.0575. The fraction of sp³-hybridized carbons (Fsp3) is 0.478. The lowest BCUT2D eigenvalue weighted by Gasteiger charge is -2.47. The van der Waals surface area contributed by atoms with Crippen molar-refractivity contribution in [2.75, 3.05) is 56.0 Å². The summed E-state index contributed by atoms with van der Waals surface area (Å²) in [6.07, 6.45) is 9.49. The maximum atomic E-state index is 14.8. The molecule has 5 amide bonds. The van der Waals surface area contributed by atoms with E-state index in [1.807, 2.05) is 119 Å². The number of aromatic nitrogens is 5. The minimum absolute atomic E-state index is 0.00467. The van der Waals surface area contributed by atoms with Crippen LogP contribution >= 0.6 is 22.7 Å². The number of nitrogens with one attached hydrogen (secondary N) is 4. The van der Waals surface area contributed by atoms with Crippen LogP contribution in [0.2, 0.25) is 0 Å². The maximum absolute atomic E-state index is 14.8. The number of anilines is 2. The van der Waals surface area contributed by atoms with Gasteiger partial charge in [0.2, 0.25) is 17.7 Å². The molecular formula is C67H81N13O6S2. The van der Waals surface area contributed by atoms with Gasteiger partial charge in [0.05, 0.1) is 51.2 Å². The Morgan fingerprint density at radius 2 is 1.59 bits per heavy atom. The highest BCUT2D eigenvalue weighted by Gasteiger charge is 2.45. The van der Waals surface area contributed by atoms with Crippen molar-refractivity contribution in [1.29, 1.82) is 0 Å².